The van der Waals surface area contributed by atoms with Crippen molar-refractivity contribution in [1.82, 2.24) is 0 Å². The maximum absolute atomic E-state index is 12.7. The third-order valence-electron chi connectivity index (χ3n) is 5.56. The SMILES string of the molecule is O=C(OP1OC(=O)c2ccccc2O1)c1cccc(Oc2cccc(C(=O)OP3OC(=O)c4ccccc4O3)c2)c1. The van der Waals surface area contributed by atoms with Gasteiger partial charge in [0.15, 0.2) is 0 Å². The number of hydrogen-bond acceptors (Lipinski definition) is 11. The van der Waals surface area contributed by atoms with E-state index in [2.05, 4.69) is 0 Å². The van der Waals surface area contributed by atoms with Crippen molar-refractivity contribution < 1.29 is 51.1 Å². The van der Waals surface area contributed by atoms with Gasteiger partial charge in [0.05, 0.1) is 11.1 Å². The molecule has 0 amide bonds. The first-order valence-electron chi connectivity index (χ1n) is 11.8. The third-order valence-corrected chi connectivity index (χ3v) is 7.52. The van der Waals surface area contributed by atoms with E-state index < -0.39 is 41.1 Å². The Morgan fingerprint density at radius 1 is 0.537 bits per heavy atom. The molecule has 0 spiro atoms. The Morgan fingerprint density at radius 2 is 0.976 bits per heavy atom. The molecule has 2 aliphatic rings. The topological polar surface area (TPSA) is 133 Å². The van der Waals surface area contributed by atoms with Gasteiger partial charge >= 0.3 is 41.1 Å². The Labute approximate surface area is 234 Å². The first kappa shape index (κ1) is 26.3. The molecule has 4 aromatic rings. The van der Waals surface area contributed by atoms with Crippen molar-refractivity contribution in [1.29, 1.82) is 0 Å². The zero-order chi connectivity index (χ0) is 28.3. The van der Waals surface area contributed by atoms with Crippen molar-refractivity contribution >= 4 is 41.1 Å². The summed E-state index contributed by atoms with van der Waals surface area (Å²) in [6.07, 6.45) is 0. The van der Waals surface area contributed by atoms with Crippen LogP contribution >= 0.6 is 17.2 Å². The fraction of sp³-hybridized carbons (Fsp3) is 0. The lowest BCUT2D eigenvalue weighted by Gasteiger charge is -2.21. The smallest absolute Gasteiger partial charge is 0.457 e. The van der Waals surface area contributed by atoms with Crippen LogP contribution in [0.4, 0.5) is 0 Å². The highest BCUT2D eigenvalue weighted by molar-refractivity contribution is 7.44. The summed E-state index contributed by atoms with van der Waals surface area (Å²) in [5.74, 6) is -1.85. The number of fused-ring (bicyclic) bond motifs is 2. The highest BCUT2D eigenvalue weighted by atomic mass is 31.2. The second-order valence-corrected chi connectivity index (χ2v) is 10.3. The van der Waals surface area contributed by atoms with Gasteiger partial charge < -0.3 is 31.9 Å². The minimum Gasteiger partial charge on any atom is -0.457 e. The quantitative estimate of drug-likeness (QED) is 0.221. The summed E-state index contributed by atoms with van der Waals surface area (Å²) in [6.45, 7) is 0. The molecule has 0 saturated carbocycles. The molecule has 4 aromatic carbocycles. The number of rotatable bonds is 6. The minimum atomic E-state index is -2.29. The fourth-order valence-corrected chi connectivity index (χ4v) is 5.50. The Bertz CT molecular complexity index is 1570. The largest absolute Gasteiger partial charge is 0.535 e. The van der Waals surface area contributed by atoms with E-state index in [-0.39, 0.29) is 45.3 Å². The summed E-state index contributed by atoms with van der Waals surface area (Å²) >= 11 is 0. The molecular formula is C28H16O11P2. The second kappa shape index (κ2) is 11.3. The van der Waals surface area contributed by atoms with Crippen molar-refractivity contribution in [2.24, 2.45) is 0 Å². The van der Waals surface area contributed by atoms with Crippen molar-refractivity contribution in [3.63, 3.8) is 0 Å². The van der Waals surface area contributed by atoms with Crippen LogP contribution in [0.5, 0.6) is 23.0 Å². The molecule has 204 valence electrons. The predicted molar refractivity (Wildman–Crippen MR) is 143 cm³/mol. The third kappa shape index (κ3) is 5.82. The Morgan fingerprint density at radius 3 is 1.44 bits per heavy atom. The number of para-hydroxylation sites is 2. The highest BCUT2D eigenvalue weighted by Gasteiger charge is 2.35. The van der Waals surface area contributed by atoms with Gasteiger partial charge in [0.25, 0.3) is 0 Å². The molecule has 6 rings (SSSR count). The van der Waals surface area contributed by atoms with E-state index in [1.165, 1.54) is 24.3 Å². The molecule has 2 heterocycles. The standard InChI is InChI=1S/C28H16O11P2/c29-25(36-40-34-23-13-3-1-11-21(23)27(31)38-40)17-7-5-9-19(15-17)33-20-10-6-8-18(16-20)26(30)37-41-35-24-14-4-2-12-22(24)28(32)39-41/h1-16H. The molecule has 2 atom stereocenters. The van der Waals surface area contributed by atoms with Gasteiger partial charge in [-0.25, -0.2) is 19.2 Å². The van der Waals surface area contributed by atoms with Crippen LogP contribution in [0.15, 0.2) is 97.1 Å². The Balaban J connectivity index is 1.09. The van der Waals surface area contributed by atoms with Gasteiger partial charge in [0, 0.05) is 0 Å². The minimum absolute atomic E-state index is 0.110. The highest BCUT2D eigenvalue weighted by Crippen LogP contribution is 2.48. The second-order valence-electron chi connectivity index (χ2n) is 8.29. The average Bonchev–Trinajstić information content (AvgIpc) is 2.97. The number of carbonyl (C=O) groups is 4. The first-order valence-corrected chi connectivity index (χ1v) is 14.0. The van der Waals surface area contributed by atoms with E-state index in [0.29, 0.717) is 0 Å². The first-order chi connectivity index (χ1) is 19.9. The van der Waals surface area contributed by atoms with Gasteiger partial charge in [-0.05, 0) is 60.7 Å². The average molecular weight is 590 g/mol. The monoisotopic (exact) mass is 590 g/mol. The molecule has 0 N–H and O–H groups in total. The molecule has 41 heavy (non-hydrogen) atoms. The summed E-state index contributed by atoms with van der Waals surface area (Å²) in [7, 11) is -4.57. The number of hydrogen-bond donors (Lipinski definition) is 0. The predicted octanol–water partition coefficient (Wildman–Crippen LogP) is 6.75. The maximum atomic E-state index is 12.7. The van der Waals surface area contributed by atoms with Crippen LogP contribution in [0, 0.1) is 0 Å². The molecule has 0 bridgehead atoms. The van der Waals surface area contributed by atoms with Crippen molar-refractivity contribution in [3.8, 4) is 23.0 Å². The zero-order valence-corrected chi connectivity index (χ0v) is 22.4. The fourth-order valence-electron chi connectivity index (χ4n) is 3.69. The molecule has 11 nitrogen and oxygen atoms in total. The van der Waals surface area contributed by atoms with Gasteiger partial charge in [-0.3, -0.25) is 0 Å². The molecular weight excluding hydrogens is 574 g/mol. The van der Waals surface area contributed by atoms with E-state index in [0.717, 1.165) is 0 Å². The van der Waals surface area contributed by atoms with Crippen molar-refractivity contribution in [3.05, 3.63) is 119 Å². The van der Waals surface area contributed by atoms with E-state index in [9.17, 15) is 19.2 Å². The van der Waals surface area contributed by atoms with Crippen molar-refractivity contribution in [2.45, 2.75) is 0 Å². The van der Waals surface area contributed by atoms with Gasteiger partial charge in [-0.15, -0.1) is 0 Å². The van der Waals surface area contributed by atoms with Crippen LogP contribution in [0.3, 0.4) is 0 Å². The molecule has 0 fully saturated rings. The lowest BCUT2D eigenvalue weighted by molar-refractivity contribution is 0.0586. The summed E-state index contributed by atoms with van der Waals surface area (Å²) < 4.78 is 37.5. The lowest BCUT2D eigenvalue weighted by Crippen LogP contribution is -2.15. The number of ether oxygens (including phenoxy) is 1. The maximum Gasteiger partial charge on any atom is 0.535 e. The normalized spacial score (nSPS) is 16.9. The van der Waals surface area contributed by atoms with Gasteiger partial charge in [0.2, 0.25) is 0 Å². The molecule has 0 radical (unpaired) electrons. The lowest BCUT2D eigenvalue weighted by atomic mass is 10.2. The van der Waals surface area contributed by atoms with Crippen LogP contribution in [-0.2, 0) is 18.1 Å². The summed E-state index contributed by atoms with van der Waals surface area (Å²) in [5, 5.41) is 0. The Hall–Kier alpha value is -4.98. The summed E-state index contributed by atoms with van der Waals surface area (Å²) in [5.41, 5.74) is 0.696. The van der Waals surface area contributed by atoms with Crippen LogP contribution in [0.1, 0.15) is 41.4 Å². The zero-order valence-electron chi connectivity index (χ0n) is 20.6. The van der Waals surface area contributed by atoms with Gasteiger partial charge in [-0.1, -0.05) is 36.4 Å². The molecule has 2 aliphatic heterocycles. The molecule has 0 saturated heterocycles. The van der Waals surface area contributed by atoms with Gasteiger partial charge in [-0.2, -0.15) is 0 Å². The summed E-state index contributed by atoms with van der Waals surface area (Å²) in [6, 6.07) is 25.0. The number of carbonyl (C=O) groups excluding carboxylic acids is 4. The van der Waals surface area contributed by atoms with E-state index in [1.54, 1.807) is 72.8 Å². The molecule has 13 heteroatoms. The van der Waals surface area contributed by atoms with Crippen LogP contribution in [0.25, 0.3) is 0 Å². The van der Waals surface area contributed by atoms with Crippen LogP contribution < -0.4 is 13.8 Å². The van der Waals surface area contributed by atoms with Crippen molar-refractivity contribution in [2.75, 3.05) is 0 Å². The molecule has 0 aromatic heterocycles. The van der Waals surface area contributed by atoms with E-state index in [4.69, 9.17) is 31.9 Å². The van der Waals surface area contributed by atoms with E-state index in [1.807, 2.05) is 0 Å². The van der Waals surface area contributed by atoms with Crippen LogP contribution in [0.2, 0.25) is 0 Å². The molecule has 0 aliphatic carbocycles. The van der Waals surface area contributed by atoms with E-state index >= 15 is 0 Å². The van der Waals surface area contributed by atoms with Crippen LogP contribution in [-0.4, -0.2) is 23.9 Å². The van der Waals surface area contributed by atoms with Gasteiger partial charge in [0.1, 0.15) is 34.1 Å². The summed E-state index contributed by atoms with van der Waals surface area (Å²) in [4.78, 5) is 49.8. The Kier molecular flexibility index (Phi) is 7.20. The molecule has 2 unspecified atom stereocenters. The number of benzene rings is 4.